The quantitative estimate of drug-likeness (QED) is 0.596. The maximum atomic E-state index is 12.1. The van der Waals surface area contributed by atoms with Crippen LogP contribution in [0.2, 0.25) is 5.02 Å². The zero-order chi connectivity index (χ0) is 18.2. The molecule has 26 heavy (non-hydrogen) atoms. The van der Waals surface area contributed by atoms with E-state index in [-0.39, 0.29) is 12.5 Å². The van der Waals surface area contributed by atoms with Crippen molar-refractivity contribution in [2.75, 3.05) is 18.4 Å². The Balaban J connectivity index is 1.48. The lowest BCUT2D eigenvalue weighted by Gasteiger charge is -2.13. The molecule has 0 saturated heterocycles. The second-order valence-electron chi connectivity index (χ2n) is 5.90. The summed E-state index contributed by atoms with van der Waals surface area (Å²) in [5.41, 5.74) is 2.89. The summed E-state index contributed by atoms with van der Waals surface area (Å²) in [6, 6.07) is 17.6. The van der Waals surface area contributed by atoms with Gasteiger partial charge in [0.05, 0.1) is 17.9 Å². The van der Waals surface area contributed by atoms with Gasteiger partial charge >= 0.3 is 0 Å². The van der Waals surface area contributed by atoms with Gasteiger partial charge in [0.1, 0.15) is 0 Å². The number of anilines is 1. The van der Waals surface area contributed by atoms with Crippen LogP contribution in [0.25, 0.3) is 5.69 Å². The number of nitrogens with zero attached hydrogens (tertiary/aromatic N) is 2. The molecule has 0 aliphatic heterocycles. The van der Waals surface area contributed by atoms with E-state index in [1.807, 2.05) is 36.5 Å². The van der Waals surface area contributed by atoms with E-state index in [0.29, 0.717) is 11.6 Å². The minimum Gasteiger partial charge on any atom is -0.374 e. The van der Waals surface area contributed by atoms with Gasteiger partial charge < -0.3 is 10.6 Å². The van der Waals surface area contributed by atoms with Crippen LogP contribution >= 0.6 is 11.6 Å². The monoisotopic (exact) mass is 368 g/mol. The van der Waals surface area contributed by atoms with Crippen LogP contribution in [-0.2, 0) is 11.2 Å². The molecule has 1 amide bonds. The van der Waals surface area contributed by atoms with Crippen LogP contribution in [-0.4, -0.2) is 28.8 Å². The van der Waals surface area contributed by atoms with Crippen LogP contribution in [0.1, 0.15) is 12.0 Å². The van der Waals surface area contributed by atoms with E-state index in [1.54, 1.807) is 23.0 Å². The summed E-state index contributed by atoms with van der Waals surface area (Å²) in [6.45, 7) is 0.830. The van der Waals surface area contributed by atoms with Crippen molar-refractivity contribution in [3.63, 3.8) is 0 Å². The zero-order valence-corrected chi connectivity index (χ0v) is 15.1. The number of aryl methyl sites for hydroxylation is 1. The number of rotatable bonds is 8. The van der Waals surface area contributed by atoms with Crippen molar-refractivity contribution in [3.05, 3.63) is 77.6 Å². The lowest BCUT2D eigenvalue weighted by Crippen LogP contribution is -2.31. The van der Waals surface area contributed by atoms with Crippen LogP contribution < -0.4 is 10.6 Å². The van der Waals surface area contributed by atoms with Gasteiger partial charge in [-0.1, -0.05) is 41.9 Å². The van der Waals surface area contributed by atoms with Gasteiger partial charge in [-0.15, -0.1) is 0 Å². The van der Waals surface area contributed by atoms with E-state index in [4.69, 9.17) is 11.6 Å². The molecule has 1 heterocycles. The number of carbonyl (C=O) groups is 1. The number of hydrogen-bond acceptors (Lipinski definition) is 3. The molecular weight excluding hydrogens is 348 g/mol. The van der Waals surface area contributed by atoms with E-state index in [0.717, 1.165) is 24.2 Å². The minimum atomic E-state index is -0.0514. The van der Waals surface area contributed by atoms with Crippen LogP contribution in [0.15, 0.2) is 67.0 Å². The van der Waals surface area contributed by atoms with Gasteiger partial charge in [-0.2, -0.15) is 5.10 Å². The molecule has 6 heteroatoms. The summed E-state index contributed by atoms with van der Waals surface area (Å²) < 4.78 is 1.73. The van der Waals surface area contributed by atoms with Crippen molar-refractivity contribution < 1.29 is 4.79 Å². The summed E-state index contributed by atoms with van der Waals surface area (Å²) in [6.07, 6.45) is 5.41. The zero-order valence-electron chi connectivity index (χ0n) is 14.4. The predicted molar refractivity (Wildman–Crippen MR) is 105 cm³/mol. The molecule has 3 aromatic rings. The van der Waals surface area contributed by atoms with Crippen LogP contribution in [0.4, 0.5) is 5.69 Å². The van der Waals surface area contributed by atoms with Crippen molar-refractivity contribution in [3.8, 4) is 5.69 Å². The number of halogens is 1. The highest BCUT2D eigenvalue weighted by Crippen LogP contribution is 2.23. The summed E-state index contributed by atoms with van der Waals surface area (Å²) in [4.78, 5) is 12.1. The third-order valence-electron chi connectivity index (χ3n) is 3.96. The maximum absolute atomic E-state index is 12.1. The number of amides is 1. The minimum absolute atomic E-state index is 0.0514. The first-order valence-corrected chi connectivity index (χ1v) is 8.94. The Bertz CT molecular complexity index is 834. The molecule has 2 N–H and O–H groups in total. The molecule has 0 saturated carbocycles. The predicted octanol–water partition coefficient (Wildman–Crippen LogP) is 3.69. The molecule has 0 aliphatic carbocycles. The van der Waals surface area contributed by atoms with Crippen molar-refractivity contribution in [2.45, 2.75) is 12.8 Å². The third kappa shape index (κ3) is 5.10. The Labute approximate surface area is 158 Å². The first-order chi connectivity index (χ1) is 12.7. The van der Waals surface area contributed by atoms with E-state index in [1.165, 1.54) is 5.56 Å². The Kier molecular flexibility index (Phi) is 6.28. The fourth-order valence-corrected chi connectivity index (χ4v) is 2.84. The van der Waals surface area contributed by atoms with Crippen LogP contribution in [0.3, 0.4) is 0 Å². The highest BCUT2D eigenvalue weighted by atomic mass is 35.5. The van der Waals surface area contributed by atoms with Crippen molar-refractivity contribution in [2.24, 2.45) is 0 Å². The number of benzene rings is 2. The van der Waals surface area contributed by atoms with Gasteiger partial charge in [-0.05, 0) is 42.7 Å². The van der Waals surface area contributed by atoms with Crippen molar-refractivity contribution in [1.29, 1.82) is 0 Å². The number of hydrogen-bond donors (Lipinski definition) is 2. The lowest BCUT2D eigenvalue weighted by molar-refractivity contribution is -0.119. The van der Waals surface area contributed by atoms with E-state index in [9.17, 15) is 4.79 Å². The molecule has 0 bridgehead atoms. The van der Waals surface area contributed by atoms with Crippen molar-refractivity contribution in [1.82, 2.24) is 15.1 Å². The normalized spacial score (nSPS) is 10.5. The second-order valence-corrected chi connectivity index (χ2v) is 6.34. The molecule has 0 unspecified atom stereocenters. The first kappa shape index (κ1) is 18.0. The van der Waals surface area contributed by atoms with Gasteiger partial charge in [0.25, 0.3) is 0 Å². The largest absolute Gasteiger partial charge is 0.374 e. The molecule has 0 radical (unpaired) electrons. The molecule has 0 atom stereocenters. The smallest absolute Gasteiger partial charge is 0.239 e. The fourth-order valence-electron chi connectivity index (χ4n) is 2.66. The maximum Gasteiger partial charge on any atom is 0.239 e. The standard InChI is InChI=1S/C20H21ClN4O/c21-17-9-10-19(25-13-5-12-24-25)18(14-17)23-15-20(26)22-11-4-8-16-6-2-1-3-7-16/h1-3,5-7,9-10,12-14,23H,4,8,11,15H2,(H,22,26). The van der Waals surface area contributed by atoms with Crippen LogP contribution in [0.5, 0.6) is 0 Å². The number of nitrogens with one attached hydrogen (secondary N) is 2. The average molecular weight is 369 g/mol. The molecule has 2 aromatic carbocycles. The molecule has 0 aliphatic rings. The second kappa shape index (κ2) is 9.06. The fraction of sp³-hybridized carbons (Fsp3) is 0.200. The first-order valence-electron chi connectivity index (χ1n) is 8.56. The third-order valence-corrected chi connectivity index (χ3v) is 4.19. The van der Waals surface area contributed by atoms with Gasteiger partial charge in [-0.25, -0.2) is 4.68 Å². The van der Waals surface area contributed by atoms with E-state index in [2.05, 4.69) is 27.9 Å². The summed E-state index contributed by atoms with van der Waals surface area (Å²) in [7, 11) is 0. The molecule has 0 fully saturated rings. The Morgan fingerprint density at radius 1 is 1.12 bits per heavy atom. The Morgan fingerprint density at radius 2 is 1.96 bits per heavy atom. The molecule has 3 rings (SSSR count). The van der Waals surface area contributed by atoms with Gasteiger partial charge in [0, 0.05) is 24.0 Å². The molecule has 5 nitrogen and oxygen atoms in total. The van der Waals surface area contributed by atoms with Gasteiger partial charge in [0.2, 0.25) is 5.91 Å². The Morgan fingerprint density at radius 3 is 2.73 bits per heavy atom. The number of aromatic nitrogens is 2. The summed E-state index contributed by atoms with van der Waals surface area (Å²) in [5, 5.41) is 10.9. The molecule has 0 spiro atoms. The highest BCUT2D eigenvalue weighted by molar-refractivity contribution is 6.31. The molecule has 134 valence electrons. The Hall–Kier alpha value is -2.79. The topological polar surface area (TPSA) is 59.0 Å². The molecule has 1 aromatic heterocycles. The summed E-state index contributed by atoms with van der Waals surface area (Å²) >= 11 is 6.08. The van der Waals surface area contributed by atoms with Gasteiger partial charge in [0.15, 0.2) is 0 Å². The SMILES string of the molecule is O=C(CNc1cc(Cl)ccc1-n1cccn1)NCCCc1ccccc1. The molecular formula is C20H21ClN4O. The van der Waals surface area contributed by atoms with Crippen molar-refractivity contribution >= 4 is 23.2 Å². The summed E-state index contributed by atoms with van der Waals surface area (Å²) in [5.74, 6) is -0.0514. The lowest BCUT2D eigenvalue weighted by atomic mass is 10.1. The van der Waals surface area contributed by atoms with E-state index >= 15 is 0 Å². The van der Waals surface area contributed by atoms with Gasteiger partial charge in [-0.3, -0.25) is 4.79 Å². The average Bonchev–Trinajstić information content (AvgIpc) is 3.19. The number of carbonyl (C=O) groups excluding carboxylic acids is 1. The highest BCUT2D eigenvalue weighted by Gasteiger charge is 2.08. The van der Waals surface area contributed by atoms with Crippen LogP contribution in [0, 0.1) is 0 Å². The van der Waals surface area contributed by atoms with E-state index < -0.39 is 0 Å².